The van der Waals surface area contributed by atoms with E-state index in [0.717, 1.165) is 46.7 Å². The molecule has 1 fully saturated rings. The molecule has 4 nitrogen and oxygen atoms in total. The minimum Gasteiger partial charge on any atom is -0.494 e. The Morgan fingerprint density at radius 1 is 1.35 bits per heavy atom. The number of para-hydroxylation sites is 1. The Balaban J connectivity index is 1.86. The summed E-state index contributed by atoms with van der Waals surface area (Å²) in [5.41, 5.74) is 6.77. The molecule has 2 aromatic rings. The number of hydrogen-bond donors (Lipinski definition) is 2. The van der Waals surface area contributed by atoms with Crippen LogP contribution in [-0.4, -0.2) is 23.2 Å². The summed E-state index contributed by atoms with van der Waals surface area (Å²) in [6.07, 6.45) is 3.47. The lowest BCUT2D eigenvalue weighted by atomic mass is 9.83. The number of nitrogens with two attached hydrogens (primary N) is 1. The van der Waals surface area contributed by atoms with Crippen molar-refractivity contribution in [3.8, 4) is 5.75 Å². The molecular weight excluding hydrogens is 272 g/mol. The number of nitrogens with zero attached hydrogens (tertiary/aromatic N) is 1. The fourth-order valence-corrected chi connectivity index (χ4v) is 3.96. The van der Waals surface area contributed by atoms with Crippen molar-refractivity contribution >= 4 is 21.6 Å². The van der Waals surface area contributed by atoms with Crippen LogP contribution in [0.15, 0.2) is 18.2 Å². The first-order valence-corrected chi connectivity index (χ1v) is 7.87. The average Bonchev–Trinajstić information content (AvgIpc) is 2.91. The van der Waals surface area contributed by atoms with Gasteiger partial charge in [0, 0.05) is 6.04 Å². The SMILES string of the molecule is COc1cccc2sc(C(O)C3CCC(N)CC3)nc12. The standard InChI is InChI=1S/C15H20N2O2S/c1-19-11-3-2-4-12-13(11)17-15(20-12)14(18)9-5-7-10(16)8-6-9/h2-4,9-10,14,18H,5-8,16H2,1H3. The molecule has 3 N–H and O–H groups in total. The molecule has 1 aliphatic carbocycles. The Morgan fingerprint density at radius 2 is 2.10 bits per heavy atom. The summed E-state index contributed by atoms with van der Waals surface area (Å²) in [4.78, 5) is 4.59. The molecule has 5 heteroatoms. The number of benzene rings is 1. The molecule has 0 radical (unpaired) electrons. The van der Waals surface area contributed by atoms with E-state index in [1.54, 1.807) is 18.4 Å². The van der Waals surface area contributed by atoms with Crippen LogP contribution in [0.2, 0.25) is 0 Å². The molecule has 3 rings (SSSR count). The second-order valence-electron chi connectivity index (χ2n) is 5.48. The van der Waals surface area contributed by atoms with Gasteiger partial charge in [0.05, 0.1) is 11.8 Å². The first-order chi connectivity index (χ1) is 9.69. The van der Waals surface area contributed by atoms with Crippen LogP contribution in [0.3, 0.4) is 0 Å². The van der Waals surface area contributed by atoms with E-state index in [4.69, 9.17) is 10.5 Å². The zero-order chi connectivity index (χ0) is 14.1. The first kappa shape index (κ1) is 13.8. The summed E-state index contributed by atoms with van der Waals surface area (Å²) in [5, 5.41) is 11.4. The molecular formula is C15H20N2O2S. The molecule has 0 amide bonds. The van der Waals surface area contributed by atoms with Crippen LogP contribution in [-0.2, 0) is 0 Å². The van der Waals surface area contributed by atoms with E-state index in [-0.39, 0.29) is 5.92 Å². The van der Waals surface area contributed by atoms with Gasteiger partial charge < -0.3 is 15.6 Å². The van der Waals surface area contributed by atoms with Crippen molar-refractivity contribution in [2.24, 2.45) is 11.7 Å². The van der Waals surface area contributed by atoms with Crippen molar-refractivity contribution in [2.75, 3.05) is 7.11 Å². The van der Waals surface area contributed by atoms with Gasteiger partial charge in [-0.05, 0) is 43.7 Å². The first-order valence-electron chi connectivity index (χ1n) is 7.06. The summed E-state index contributed by atoms with van der Waals surface area (Å²) >= 11 is 1.56. The molecule has 0 saturated heterocycles. The number of aliphatic hydroxyl groups excluding tert-OH is 1. The Kier molecular flexibility index (Phi) is 3.92. The van der Waals surface area contributed by atoms with E-state index in [9.17, 15) is 5.11 Å². The van der Waals surface area contributed by atoms with E-state index >= 15 is 0 Å². The molecule has 0 spiro atoms. The Morgan fingerprint density at radius 3 is 2.80 bits per heavy atom. The van der Waals surface area contributed by atoms with E-state index in [0.29, 0.717) is 6.04 Å². The molecule has 1 aliphatic rings. The van der Waals surface area contributed by atoms with E-state index < -0.39 is 6.10 Å². The molecule has 20 heavy (non-hydrogen) atoms. The smallest absolute Gasteiger partial charge is 0.145 e. The number of rotatable bonds is 3. The van der Waals surface area contributed by atoms with Crippen molar-refractivity contribution in [3.05, 3.63) is 23.2 Å². The van der Waals surface area contributed by atoms with Crippen molar-refractivity contribution in [1.82, 2.24) is 4.98 Å². The maximum Gasteiger partial charge on any atom is 0.145 e. The van der Waals surface area contributed by atoms with Gasteiger partial charge in [-0.1, -0.05) is 6.07 Å². The highest BCUT2D eigenvalue weighted by atomic mass is 32.1. The predicted octanol–water partition coefficient (Wildman–Crippen LogP) is 2.86. The van der Waals surface area contributed by atoms with Crippen LogP contribution in [0.25, 0.3) is 10.2 Å². The lowest BCUT2D eigenvalue weighted by molar-refractivity contribution is 0.0812. The summed E-state index contributed by atoms with van der Waals surface area (Å²) in [7, 11) is 1.65. The van der Waals surface area contributed by atoms with Crippen LogP contribution >= 0.6 is 11.3 Å². The second-order valence-corrected chi connectivity index (χ2v) is 6.54. The molecule has 1 saturated carbocycles. The van der Waals surface area contributed by atoms with Crippen LogP contribution in [0.4, 0.5) is 0 Å². The molecule has 1 aromatic heterocycles. The van der Waals surface area contributed by atoms with Crippen LogP contribution in [0.1, 0.15) is 36.8 Å². The van der Waals surface area contributed by atoms with Crippen LogP contribution in [0.5, 0.6) is 5.75 Å². The summed E-state index contributed by atoms with van der Waals surface area (Å²) in [5.74, 6) is 1.05. The fourth-order valence-electron chi connectivity index (χ4n) is 2.89. The third-order valence-electron chi connectivity index (χ3n) is 4.13. The number of hydrogen-bond acceptors (Lipinski definition) is 5. The number of methoxy groups -OCH3 is 1. The van der Waals surface area contributed by atoms with Crippen molar-refractivity contribution < 1.29 is 9.84 Å². The molecule has 1 aromatic carbocycles. The zero-order valence-corrected chi connectivity index (χ0v) is 12.4. The summed E-state index contributed by atoms with van der Waals surface area (Å²) in [6.45, 7) is 0. The van der Waals surface area contributed by atoms with Gasteiger partial charge in [0.15, 0.2) is 0 Å². The number of aromatic nitrogens is 1. The Bertz CT molecular complexity index is 591. The Labute approximate surface area is 122 Å². The molecule has 108 valence electrons. The predicted molar refractivity (Wildman–Crippen MR) is 81.1 cm³/mol. The van der Waals surface area contributed by atoms with Gasteiger partial charge in [0.2, 0.25) is 0 Å². The van der Waals surface area contributed by atoms with Gasteiger partial charge in [-0.25, -0.2) is 4.98 Å². The van der Waals surface area contributed by atoms with Crippen molar-refractivity contribution in [3.63, 3.8) is 0 Å². The van der Waals surface area contributed by atoms with E-state index in [2.05, 4.69) is 4.98 Å². The third-order valence-corrected chi connectivity index (χ3v) is 5.23. The quantitative estimate of drug-likeness (QED) is 0.912. The summed E-state index contributed by atoms with van der Waals surface area (Å²) in [6, 6.07) is 6.17. The highest BCUT2D eigenvalue weighted by Crippen LogP contribution is 2.38. The molecule has 0 bridgehead atoms. The van der Waals surface area contributed by atoms with E-state index in [1.165, 1.54) is 0 Å². The van der Waals surface area contributed by atoms with Crippen LogP contribution in [0, 0.1) is 5.92 Å². The molecule has 1 atom stereocenters. The minimum atomic E-state index is -0.482. The molecule has 1 heterocycles. The maximum absolute atomic E-state index is 10.6. The highest BCUT2D eigenvalue weighted by molar-refractivity contribution is 7.18. The fraction of sp³-hybridized carbons (Fsp3) is 0.533. The topological polar surface area (TPSA) is 68.4 Å². The third kappa shape index (κ3) is 2.53. The van der Waals surface area contributed by atoms with Gasteiger partial charge >= 0.3 is 0 Å². The minimum absolute atomic E-state index is 0.279. The largest absolute Gasteiger partial charge is 0.494 e. The summed E-state index contributed by atoms with van der Waals surface area (Å²) < 4.78 is 6.39. The average molecular weight is 292 g/mol. The van der Waals surface area contributed by atoms with Crippen molar-refractivity contribution in [1.29, 1.82) is 0 Å². The number of ether oxygens (including phenoxy) is 1. The lowest BCUT2D eigenvalue weighted by Gasteiger charge is -2.28. The zero-order valence-electron chi connectivity index (χ0n) is 11.6. The molecule has 0 aliphatic heterocycles. The van der Waals surface area contributed by atoms with Gasteiger partial charge in [-0.2, -0.15) is 0 Å². The Hall–Kier alpha value is -1.17. The monoisotopic (exact) mass is 292 g/mol. The normalized spacial score (nSPS) is 24.8. The van der Waals surface area contributed by atoms with Crippen molar-refractivity contribution in [2.45, 2.75) is 37.8 Å². The number of fused-ring (bicyclic) bond motifs is 1. The second kappa shape index (κ2) is 5.68. The molecule has 1 unspecified atom stereocenters. The van der Waals surface area contributed by atoms with Crippen LogP contribution < -0.4 is 10.5 Å². The lowest BCUT2D eigenvalue weighted by Crippen LogP contribution is -2.28. The van der Waals surface area contributed by atoms with Gasteiger partial charge in [-0.3, -0.25) is 0 Å². The van der Waals surface area contributed by atoms with Gasteiger partial charge in [0.25, 0.3) is 0 Å². The van der Waals surface area contributed by atoms with Gasteiger partial charge in [-0.15, -0.1) is 11.3 Å². The number of aliphatic hydroxyl groups is 1. The van der Waals surface area contributed by atoms with E-state index in [1.807, 2.05) is 18.2 Å². The number of thiazole rings is 1. The maximum atomic E-state index is 10.6. The van der Waals surface area contributed by atoms with Gasteiger partial charge in [0.1, 0.15) is 22.4 Å². The highest BCUT2D eigenvalue weighted by Gasteiger charge is 2.28.